The summed E-state index contributed by atoms with van der Waals surface area (Å²) in [7, 11) is 0. The summed E-state index contributed by atoms with van der Waals surface area (Å²) in [5.41, 5.74) is 8.88. The molecule has 4 rings (SSSR count). The normalized spacial score (nSPS) is 14.8. The number of nitrogens with zero attached hydrogens (tertiary/aromatic N) is 2. The summed E-state index contributed by atoms with van der Waals surface area (Å²) in [4.78, 5) is 18.8. The Morgan fingerprint density at radius 2 is 1.93 bits per heavy atom. The first-order chi connectivity index (χ1) is 13.1. The van der Waals surface area contributed by atoms with Gasteiger partial charge in [-0.05, 0) is 53.6 Å². The van der Waals surface area contributed by atoms with E-state index < -0.39 is 0 Å². The molecule has 1 aliphatic heterocycles. The molecule has 0 unspecified atom stereocenters. The van der Waals surface area contributed by atoms with Crippen molar-refractivity contribution in [3.05, 3.63) is 88.9 Å². The lowest BCUT2D eigenvalue weighted by Crippen LogP contribution is -2.36. The number of hydrogen-bond donors (Lipinski definition) is 1. The van der Waals surface area contributed by atoms with Crippen molar-refractivity contribution in [3.63, 3.8) is 0 Å². The lowest BCUT2D eigenvalue weighted by Gasteiger charge is -2.31. The fourth-order valence-corrected chi connectivity index (χ4v) is 3.13. The lowest BCUT2D eigenvalue weighted by atomic mass is 10.1. The molecule has 0 bridgehead atoms. The van der Waals surface area contributed by atoms with Gasteiger partial charge in [-0.1, -0.05) is 23.7 Å². The zero-order valence-corrected chi connectivity index (χ0v) is 15.1. The van der Waals surface area contributed by atoms with Gasteiger partial charge in [0.1, 0.15) is 0 Å². The van der Waals surface area contributed by atoms with Crippen LogP contribution in [0.5, 0.6) is 5.75 Å². The smallest absolute Gasteiger partial charge is 0.294 e. The van der Waals surface area contributed by atoms with Gasteiger partial charge in [-0.15, -0.1) is 0 Å². The summed E-state index contributed by atoms with van der Waals surface area (Å²) in [5.74, 6) is 0.530. The van der Waals surface area contributed by atoms with Gasteiger partial charge in [0, 0.05) is 29.2 Å². The molecule has 5 nitrogen and oxygen atoms in total. The van der Waals surface area contributed by atoms with E-state index in [0.717, 1.165) is 11.1 Å². The van der Waals surface area contributed by atoms with Gasteiger partial charge in [0.05, 0.1) is 12.2 Å². The third-order valence-corrected chi connectivity index (χ3v) is 4.42. The summed E-state index contributed by atoms with van der Waals surface area (Å²) < 4.78 is 5.86. The molecule has 2 aromatic carbocycles. The highest BCUT2D eigenvalue weighted by Crippen LogP contribution is 2.38. The predicted octanol–water partition coefficient (Wildman–Crippen LogP) is 4.28. The van der Waals surface area contributed by atoms with Crippen molar-refractivity contribution in [3.8, 4) is 5.75 Å². The third-order valence-electron chi connectivity index (χ3n) is 4.18. The van der Waals surface area contributed by atoms with Gasteiger partial charge >= 0.3 is 0 Å². The Bertz CT molecular complexity index is 1030. The molecule has 0 spiro atoms. The Morgan fingerprint density at radius 3 is 2.70 bits per heavy atom. The Labute approximate surface area is 161 Å². The van der Waals surface area contributed by atoms with E-state index in [2.05, 4.69) is 4.98 Å². The van der Waals surface area contributed by atoms with E-state index in [1.807, 2.05) is 18.2 Å². The number of nitrogen functional groups attached to an aromatic ring is 1. The Hall–Kier alpha value is -3.31. The van der Waals surface area contributed by atoms with Crippen LogP contribution in [-0.4, -0.2) is 10.9 Å². The molecule has 2 heterocycles. The number of nitrogens with two attached hydrogens (primary N) is 1. The number of carbonyl (C=O) groups excluding carboxylic acids is 1. The van der Waals surface area contributed by atoms with Gasteiger partial charge in [0.2, 0.25) is 0 Å². The van der Waals surface area contributed by atoms with Crippen LogP contribution in [0.1, 0.15) is 11.1 Å². The maximum atomic E-state index is 13.1. The predicted molar refractivity (Wildman–Crippen MR) is 106 cm³/mol. The maximum absolute atomic E-state index is 13.1. The molecule has 0 fully saturated rings. The van der Waals surface area contributed by atoms with E-state index >= 15 is 0 Å². The van der Waals surface area contributed by atoms with Crippen molar-refractivity contribution in [2.75, 3.05) is 10.6 Å². The molecule has 27 heavy (non-hydrogen) atoms. The third kappa shape index (κ3) is 3.64. The highest BCUT2D eigenvalue weighted by molar-refractivity contribution is 6.30. The van der Waals surface area contributed by atoms with Gasteiger partial charge in [0.15, 0.2) is 11.5 Å². The largest absolute Gasteiger partial charge is 0.449 e. The second-order valence-electron chi connectivity index (χ2n) is 6.14. The molecule has 0 atom stereocenters. The van der Waals surface area contributed by atoms with Crippen LogP contribution in [0.4, 0.5) is 11.4 Å². The highest BCUT2D eigenvalue weighted by Gasteiger charge is 2.30. The molecule has 1 aromatic heterocycles. The number of aromatic nitrogens is 1. The van der Waals surface area contributed by atoms with Crippen LogP contribution in [0.25, 0.3) is 6.08 Å². The Kier molecular flexibility index (Phi) is 4.52. The average Bonchev–Trinajstić information content (AvgIpc) is 2.66. The number of benzene rings is 2. The van der Waals surface area contributed by atoms with Crippen LogP contribution < -0.4 is 15.4 Å². The summed E-state index contributed by atoms with van der Waals surface area (Å²) in [6.45, 7) is 0.368. The molecule has 134 valence electrons. The molecule has 0 radical (unpaired) electrons. The first kappa shape index (κ1) is 17.1. The topological polar surface area (TPSA) is 68.5 Å². The number of pyridine rings is 1. The molecule has 2 N–H and O–H groups in total. The minimum Gasteiger partial charge on any atom is -0.449 e. The second kappa shape index (κ2) is 7.13. The Balaban J connectivity index is 1.76. The van der Waals surface area contributed by atoms with Crippen LogP contribution >= 0.6 is 11.6 Å². The number of ether oxygens (including phenoxy) is 1. The molecule has 0 aliphatic carbocycles. The van der Waals surface area contributed by atoms with Gasteiger partial charge in [-0.25, -0.2) is 0 Å². The van der Waals surface area contributed by atoms with Crippen LogP contribution in [0.2, 0.25) is 5.02 Å². The monoisotopic (exact) mass is 377 g/mol. The first-order valence-corrected chi connectivity index (χ1v) is 8.73. The maximum Gasteiger partial charge on any atom is 0.294 e. The van der Waals surface area contributed by atoms with Gasteiger partial charge in [-0.2, -0.15) is 0 Å². The summed E-state index contributed by atoms with van der Waals surface area (Å²) in [6.07, 6.45) is 5.02. The number of rotatable bonds is 3. The number of hydrogen-bond acceptors (Lipinski definition) is 4. The molecule has 6 heteroatoms. The molecule has 0 saturated heterocycles. The zero-order chi connectivity index (χ0) is 18.8. The van der Waals surface area contributed by atoms with E-state index in [-0.39, 0.29) is 11.7 Å². The number of carbonyl (C=O) groups is 1. The van der Waals surface area contributed by atoms with Crippen LogP contribution in [0.15, 0.2) is 72.8 Å². The standard InChI is InChI=1S/C21H16ClN3O2/c22-16-3-1-2-15(10-16)13-25-18-5-4-17(23)12-19(18)27-20(21(25)26)11-14-6-8-24-9-7-14/h1-12H,13,23H2/b20-11+. The Morgan fingerprint density at radius 1 is 1.11 bits per heavy atom. The van der Waals surface area contributed by atoms with Gasteiger partial charge in [-0.3, -0.25) is 14.7 Å². The lowest BCUT2D eigenvalue weighted by molar-refractivity contribution is -0.117. The van der Waals surface area contributed by atoms with Crippen LogP contribution in [0.3, 0.4) is 0 Å². The second-order valence-corrected chi connectivity index (χ2v) is 6.58. The van der Waals surface area contributed by atoms with Crippen molar-refractivity contribution in [2.45, 2.75) is 6.54 Å². The summed E-state index contributed by atoms with van der Waals surface area (Å²) in [5, 5.41) is 0.623. The van der Waals surface area contributed by atoms with Gasteiger partial charge < -0.3 is 10.5 Å². The minimum atomic E-state index is -0.232. The molecular weight excluding hydrogens is 362 g/mol. The van der Waals surface area contributed by atoms with Crippen LogP contribution in [-0.2, 0) is 11.3 Å². The van der Waals surface area contributed by atoms with Crippen molar-refractivity contribution in [2.24, 2.45) is 0 Å². The van der Waals surface area contributed by atoms with Crippen molar-refractivity contribution >= 4 is 35.0 Å². The first-order valence-electron chi connectivity index (χ1n) is 8.35. The van der Waals surface area contributed by atoms with E-state index in [9.17, 15) is 4.79 Å². The molecule has 1 aliphatic rings. The van der Waals surface area contributed by atoms with E-state index in [1.54, 1.807) is 59.8 Å². The summed E-state index contributed by atoms with van der Waals surface area (Å²) in [6, 6.07) is 16.3. The number of anilines is 2. The number of fused-ring (bicyclic) bond motifs is 1. The van der Waals surface area contributed by atoms with Gasteiger partial charge in [0.25, 0.3) is 5.91 Å². The minimum absolute atomic E-state index is 0.223. The average molecular weight is 378 g/mol. The molecular formula is C21H16ClN3O2. The fourth-order valence-electron chi connectivity index (χ4n) is 2.92. The number of amides is 1. The zero-order valence-electron chi connectivity index (χ0n) is 14.3. The van der Waals surface area contributed by atoms with Crippen molar-refractivity contribution in [1.29, 1.82) is 0 Å². The fraction of sp³-hybridized carbons (Fsp3) is 0.0476. The quantitative estimate of drug-likeness (QED) is 0.546. The summed E-state index contributed by atoms with van der Waals surface area (Å²) >= 11 is 6.09. The SMILES string of the molecule is Nc1ccc2c(c1)O/C(=C/c1ccncc1)C(=O)N2Cc1cccc(Cl)c1. The van der Waals surface area contributed by atoms with Crippen molar-refractivity contribution < 1.29 is 9.53 Å². The van der Waals surface area contributed by atoms with E-state index in [1.165, 1.54) is 0 Å². The number of halogens is 1. The molecule has 3 aromatic rings. The van der Waals surface area contributed by atoms with Crippen molar-refractivity contribution in [1.82, 2.24) is 4.98 Å². The molecule has 0 saturated carbocycles. The van der Waals surface area contributed by atoms with E-state index in [0.29, 0.717) is 28.7 Å². The van der Waals surface area contributed by atoms with E-state index in [4.69, 9.17) is 22.1 Å². The molecule has 1 amide bonds. The van der Waals surface area contributed by atoms with Crippen LogP contribution in [0, 0.1) is 0 Å². The highest BCUT2D eigenvalue weighted by atomic mass is 35.5.